The molecule has 2 bridgehead atoms. The van der Waals surface area contributed by atoms with Gasteiger partial charge < -0.3 is 9.47 Å². The number of rotatable bonds is 5. The normalized spacial score (nSPS) is 31.7. The van der Waals surface area contributed by atoms with E-state index in [4.69, 9.17) is 9.47 Å². The quantitative estimate of drug-likeness (QED) is 0.755. The van der Waals surface area contributed by atoms with Gasteiger partial charge in [0.05, 0.1) is 12.6 Å². The molecule has 0 spiro atoms. The highest BCUT2D eigenvalue weighted by Gasteiger charge is 2.51. The number of hydrogen-bond donors (Lipinski definition) is 0. The Morgan fingerprint density at radius 1 is 1.35 bits per heavy atom. The number of aromatic nitrogens is 1. The maximum Gasteiger partial charge on any atom is 0.119 e. The summed E-state index contributed by atoms with van der Waals surface area (Å²) in [5, 5.41) is 1.11. The van der Waals surface area contributed by atoms with Gasteiger partial charge in [0.15, 0.2) is 0 Å². The summed E-state index contributed by atoms with van der Waals surface area (Å²) in [6.45, 7) is 8.63. The summed E-state index contributed by atoms with van der Waals surface area (Å²) in [5.41, 5.74) is 2.16. The van der Waals surface area contributed by atoms with E-state index in [1.165, 1.54) is 12.0 Å². The Morgan fingerprint density at radius 3 is 2.85 bits per heavy atom. The summed E-state index contributed by atoms with van der Waals surface area (Å²) in [6, 6.07) is 8.17. The van der Waals surface area contributed by atoms with Gasteiger partial charge >= 0.3 is 0 Å². The number of nitrogens with zero attached hydrogens (tertiary/aromatic N) is 2. The minimum absolute atomic E-state index is 0.00586. The van der Waals surface area contributed by atoms with Gasteiger partial charge in [0, 0.05) is 30.8 Å². The van der Waals surface area contributed by atoms with Crippen molar-refractivity contribution in [3.8, 4) is 5.75 Å². The zero-order valence-corrected chi connectivity index (χ0v) is 15.9. The predicted octanol–water partition coefficient (Wildman–Crippen LogP) is 4.22. The van der Waals surface area contributed by atoms with Gasteiger partial charge in [-0.3, -0.25) is 9.88 Å². The first-order valence-corrected chi connectivity index (χ1v) is 9.43. The van der Waals surface area contributed by atoms with Crippen molar-refractivity contribution in [3.05, 3.63) is 48.7 Å². The minimum Gasteiger partial charge on any atom is -0.497 e. The summed E-state index contributed by atoms with van der Waals surface area (Å²) in [4.78, 5) is 7.15. The zero-order chi connectivity index (χ0) is 18.3. The van der Waals surface area contributed by atoms with E-state index < -0.39 is 0 Å². The van der Waals surface area contributed by atoms with Crippen molar-refractivity contribution >= 4 is 10.9 Å². The Morgan fingerprint density at radius 2 is 2.19 bits per heavy atom. The second-order valence-electron chi connectivity index (χ2n) is 7.85. The molecular formula is C22H28N2O2. The van der Waals surface area contributed by atoms with Gasteiger partial charge in [0.1, 0.15) is 11.9 Å². The molecule has 0 amide bonds. The van der Waals surface area contributed by atoms with Crippen LogP contribution in [0.5, 0.6) is 5.75 Å². The standard InChI is InChI=1S/C22H28N2O2/c1-5-15-14-24-11-9-16(15)13-22(24,2)21(26-4)18-8-10-23-20-7-6-17(25-3)12-19(18)20/h5-8,10,12,15-16,21H,1,9,11,13-14H2,2-4H3/t15?,16?,21-,22?/m0/s1. The number of ether oxygens (including phenoxy) is 2. The molecule has 4 heterocycles. The molecule has 4 heteroatoms. The molecule has 26 heavy (non-hydrogen) atoms. The van der Waals surface area contributed by atoms with Crippen molar-refractivity contribution in [2.75, 3.05) is 27.3 Å². The Balaban J connectivity index is 1.79. The Bertz CT molecular complexity index is 821. The van der Waals surface area contributed by atoms with Crippen LogP contribution >= 0.6 is 0 Å². The molecular weight excluding hydrogens is 324 g/mol. The second kappa shape index (κ2) is 6.67. The molecule has 4 unspecified atom stereocenters. The fourth-order valence-electron chi connectivity index (χ4n) is 5.17. The minimum atomic E-state index is -0.0193. The molecule has 3 fully saturated rings. The van der Waals surface area contributed by atoms with Crippen LogP contribution in [0.3, 0.4) is 0 Å². The molecule has 0 aliphatic carbocycles. The number of benzene rings is 1. The van der Waals surface area contributed by atoms with Gasteiger partial charge in [-0.05, 0) is 68.0 Å². The van der Waals surface area contributed by atoms with Crippen molar-refractivity contribution in [1.82, 2.24) is 9.88 Å². The lowest BCUT2D eigenvalue weighted by Crippen LogP contribution is -2.62. The monoisotopic (exact) mass is 352 g/mol. The van der Waals surface area contributed by atoms with Crippen molar-refractivity contribution in [1.29, 1.82) is 0 Å². The molecule has 5 atom stereocenters. The molecule has 0 radical (unpaired) electrons. The van der Waals surface area contributed by atoms with Gasteiger partial charge in [-0.25, -0.2) is 0 Å². The molecule has 0 N–H and O–H groups in total. The van der Waals surface area contributed by atoms with E-state index in [0.29, 0.717) is 11.8 Å². The summed E-state index contributed by atoms with van der Waals surface area (Å²) < 4.78 is 11.6. The Kier molecular flexibility index (Phi) is 4.49. The lowest BCUT2D eigenvalue weighted by molar-refractivity contribution is -0.119. The van der Waals surface area contributed by atoms with E-state index in [1.807, 2.05) is 25.4 Å². The van der Waals surface area contributed by atoms with Gasteiger partial charge in [0.25, 0.3) is 0 Å². The average Bonchev–Trinajstić information content (AvgIpc) is 2.68. The first-order chi connectivity index (χ1) is 12.6. The first kappa shape index (κ1) is 17.5. The van der Waals surface area contributed by atoms with Crippen LogP contribution < -0.4 is 4.74 Å². The molecule has 3 aliphatic heterocycles. The molecule has 3 saturated heterocycles. The SMILES string of the molecule is C=CC1CN2CCC1CC2(C)[C@@H](OC)c1ccnc2ccc(OC)cc12. The third-order valence-electron chi connectivity index (χ3n) is 6.57. The number of fused-ring (bicyclic) bond motifs is 4. The highest BCUT2D eigenvalue weighted by atomic mass is 16.5. The summed E-state index contributed by atoms with van der Waals surface area (Å²) in [7, 11) is 3.53. The molecule has 1 aromatic heterocycles. The van der Waals surface area contributed by atoms with Crippen LogP contribution in [0.25, 0.3) is 10.9 Å². The number of hydrogen-bond acceptors (Lipinski definition) is 4. The second-order valence-corrected chi connectivity index (χ2v) is 7.85. The van der Waals surface area contributed by atoms with Crippen molar-refractivity contribution in [2.24, 2.45) is 11.8 Å². The zero-order valence-electron chi connectivity index (χ0n) is 15.9. The largest absolute Gasteiger partial charge is 0.497 e. The smallest absolute Gasteiger partial charge is 0.119 e. The van der Waals surface area contributed by atoms with Crippen LogP contribution in [0.1, 0.15) is 31.4 Å². The van der Waals surface area contributed by atoms with Crippen molar-refractivity contribution in [2.45, 2.75) is 31.4 Å². The summed E-state index contributed by atoms with van der Waals surface area (Å²) in [5.74, 6) is 2.15. The number of pyridine rings is 1. The summed E-state index contributed by atoms with van der Waals surface area (Å²) in [6.07, 6.45) is 6.42. The van der Waals surface area contributed by atoms with Crippen molar-refractivity contribution < 1.29 is 9.47 Å². The number of piperidine rings is 3. The lowest BCUT2D eigenvalue weighted by Gasteiger charge is -2.58. The lowest BCUT2D eigenvalue weighted by atomic mass is 9.67. The Hall–Kier alpha value is -1.91. The van der Waals surface area contributed by atoms with Gasteiger partial charge in [-0.1, -0.05) is 6.08 Å². The first-order valence-electron chi connectivity index (χ1n) is 9.43. The van der Waals surface area contributed by atoms with E-state index in [-0.39, 0.29) is 11.6 Å². The van der Waals surface area contributed by atoms with Crippen LogP contribution in [0, 0.1) is 11.8 Å². The molecule has 5 rings (SSSR count). The van der Waals surface area contributed by atoms with E-state index >= 15 is 0 Å². The highest BCUT2D eigenvalue weighted by molar-refractivity contribution is 5.84. The maximum absolute atomic E-state index is 6.15. The van der Waals surface area contributed by atoms with E-state index in [1.54, 1.807) is 7.11 Å². The van der Waals surface area contributed by atoms with Crippen LogP contribution in [0.4, 0.5) is 0 Å². The predicted molar refractivity (Wildman–Crippen MR) is 104 cm³/mol. The van der Waals surface area contributed by atoms with E-state index in [2.05, 4.69) is 41.6 Å². The van der Waals surface area contributed by atoms with E-state index in [0.717, 1.165) is 36.2 Å². The van der Waals surface area contributed by atoms with Gasteiger partial charge in [0.2, 0.25) is 0 Å². The fraction of sp³-hybridized carbons (Fsp3) is 0.500. The third-order valence-corrected chi connectivity index (χ3v) is 6.57. The maximum atomic E-state index is 6.15. The van der Waals surface area contributed by atoms with Crippen LogP contribution in [0.2, 0.25) is 0 Å². The summed E-state index contributed by atoms with van der Waals surface area (Å²) >= 11 is 0. The van der Waals surface area contributed by atoms with Crippen LogP contribution in [-0.2, 0) is 4.74 Å². The molecule has 0 saturated carbocycles. The van der Waals surface area contributed by atoms with Crippen LogP contribution in [0.15, 0.2) is 43.1 Å². The average molecular weight is 352 g/mol. The molecule has 138 valence electrons. The Labute approximate surface area is 155 Å². The molecule has 1 aromatic carbocycles. The topological polar surface area (TPSA) is 34.6 Å². The number of methoxy groups -OCH3 is 2. The highest BCUT2D eigenvalue weighted by Crippen LogP contribution is 2.50. The molecule has 4 nitrogen and oxygen atoms in total. The molecule has 2 aromatic rings. The van der Waals surface area contributed by atoms with Gasteiger partial charge in [-0.2, -0.15) is 0 Å². The molecule has 3 aliphatic rings. The fourth-order valence-corrected chi connectivity index (χ4v) is 5.17. The third kappa shape index (κ3) is 2.63. The van der Waals surface area contributed by atoms with Crippen molar-refractivity contribution in [3.63, 3.8) is 0 Å². The van der Waals surface area contributed by atoms with E-state index in [9.17, 15) is 0 Å². The van der Waals surface area contributed by atoms with Crippen LogP contribution in [-0.4, -0.2) is 42.7 Å². The van der Waals surface area contributed by atoms with Gasteiger partial charge in [-0.15, -0.1) is 6.58 Å².